The van der Waals surface area contributed by atoms with Crippen molar-refractivity contribution in [2.45, 2.75) is 33.2 Å². The van der Waals surface area contributed by atoms with E-state index in [1.165, 1.54) is 0 Å². The second-order valence-electron chi connectivity index (χ2n) is 4.63. The highest BCUT2D eigenvalue weighted by molar-refractivity contribution is 7.80. The van der Waals surface area contributed by atoms with Gasteiger partial charge in [-0.25, -0.2) is 0 Å². The normalized spacial score (nSPS) is 10.6. The van der Waals surface area contributed by atoms with Crippen LogP contribution in [0.15, 0.2) is 6.33 Å². The lowest BCUT2D eigenvalue weighted by molar-refractivity contribution is 0.802. The van der Waals surface area contributed by atoms with Gasteiger partial charge in [-0.3, -0.25) is 0 Å². The molecule has 2 rings (SSSR count). The molecule has 0 atom stereocenters. The molecule has 0 amide bonds. The summed E-state index contributed by atoms with van der Waals surface area (Å²) in [5, 5.41) is 19.5. The second-order valence-corrected chi connectivity index (χ2v) is 5.07. The maximum Gasteiger partial charge on any atom is 0.159 e. The predicted molar refractivity (Wildman–Crippen MR) is 85.0 cm³/mol. The van der Waals surface area contributed by atoms with E-state index in [1.807, 2.05) is 18.5 Å². The Bertz CT molecular complexity index is 650. The van der Waals surface area contributed by atoms with E-state index in [-0.39, 0.29) is 0 Å². The molecule has 8 heteroatoms. The van der Waals surface area contributed by atoms with Gasteiger partial charge in [-0.15, -0.1) is 15.3 Å². The molecule has 2 heterocycles. The highest BCUT2D eigenvalue weighted by atomic mass is 32.1. The molecule has 2 aromatic heterocycles. The van der Waals surface area contributed by atoms with Gasteiger partial charge in [0.15, 0.2) is 11.6 Å². The lowest BCUT2D eigenvalue weighted by Gasteiger charge is -2.15. The van der Waals surface area contributed by atoms with E-state index >= 15 is 0 Å². The molecule has 7 nitrogen and oxygen atoms in total. The predicted octanol–water partition coefficient (Wildman–Crippen LogP) is 0.976. The Morgan fingerprint density at radius 1 is 1.29 bits per heavy atom. The van der Waals surface area contributed by atoms with Gasteiger partial charge in [-0.05, 0) is 18.4 Å². The summed E-state index contributed by atoms with van der Waals surface area (Å²) in [5.41, 5.74) is 8.65. The topological polar surface area (TPSA) is 94.5 Å². The smallest absolute Gasteiger partial charge is 0.159 e. The van der Waals surface area contributed by atoms with Crippen LogP contribution in [0.25, 0.3) is 0 Å². The van der Waals surface area contributed by atoms with E-state index in [9.17, 15) is 0 Å². The summed E-state index contributed by atoms with van der Waals surface area (Å²) in [5.74, 6) is 1.39. The minimum Gasteiger partial charge on any atom is -0.389 e. The average Bonchev–Trinajstić information content (AvgIpc) is 2.88. The van der Waals surface area contributed by atoms with Crippen LogP contribution < -0.4 is 11.1 Å². The first-order chi connectivity index (χ1) is 10.1. The molecule has 0 radical (unpaired) electrons. The highest BCUT2D eigenvalue weighted by Crippen LogP contribution is 2.21. The number of nitrogens with two attached hydrogens (primary N) is 1. The third kappa shape index (κ3) is 3.15. The summed E-state index contributed by atoms with van der Waals surface area (Å²) in [6.45, 7) is 4.58. The molecule has 0 bridgehead atoms. The van der Waals surface area contributed by atoms with E-state index in [0.29, 0.717) is 17.4 Å². The number of rotatable bonds is 6. The van der Waals surface area contributed by atoms with Gasteiger partial charge in [0.05, 0.1) is 17.8 Å². The SMILES string of the molecule is CCc1nnc(NCc2nncn2C)c(C(N)=S)c1CC. The molecule has 2 aromatic rings. The summed E-state index contributed by atoms with van der Waals surface area (Å²) >= 11 is 5.19. The van der Waals surface area contributed by atoms with Crippen LogP contribution in [0.1, 0.15) is 36.5 Å². The van der Waals surface area contributed by atoms with Gasteiger partial charge < -0.3 is 15.6 Å². The Morgan fingerprint density at radius 2 is 2.05 bits per heavy atom. The number of nitrogens with zero attached hydrogens (tertiary/aromatic N) is 5. The molecule has 0 aliphatic carbocycles. The van der Waals surface area contributed by atoms with Gasteiger partial charge in [-0.1, -0.05) is 26.1 Å². The molecule has 0 saturated heterocycles. The van der Waals surface area contributed by atoms with Crippen molar-refractivity contribution in [1.82, 2.24) is 25.0 Å². The minimum absolute atomic E-state index is 0.330. The average molecular weight is 305 g/mol. The molecule has 0 saturated carbocycles. The number of aromatic nitrogens is 5. The quantitative estimate of drug-likeness (QED) is 0.768. The van der Waals surface area contributed by atoms with Crippen molar-refractivity contribution in [1.29, 1.82) is 0 Å². The van der Waals surface area contributed by atoms with Gasteiger partial charge in [0.25, 0.3) is 0 Å². The highest BCUT2D eigenvalue weighted by Gasteiger charge is 2.16. The van der Waals surface area contributed by atoms with Crippen LogP contribution in [0, 0.1) is 0 Å². The molecule has 0 aliphatic rings. The molecule has 0 fully saturated rings. The lowest BCUT2D eigenvalue weighted by atomic mass is 10.0. The van der Waals surface area contributed by atoms with Crippen LogP contribution in [0.3, 0.4) is 0 Å². The number of hydrogen-bond acceptors (Lipinski definition) is 6. The first kappa shape index (κ1) is 15.3. The molecular formula is C13H19N7S. The maximum absolute atomic E-state index is 5.88. The van der Waals surface area contributed by atoms with Crippen molar-refractivity contribution < 1.29 is 0 Å². The number of nitrogens with one attached hydrogen (secondary N) is 1. The van der Waals surface area contributed by atoms with Crippen LogP contribution in [-0.4, -0.2) is 30.0 Å². The van der Waals surface area contributed by atoms with E-state index < -0.39 is 0 Å². The largest absolute Gasteiger partial charge is 0.389 e. The van der Waals surface area contributed by atoms with Crippen molar-refractivity contribution in [3.8, 4) is 0 Å². The van der Waals surface area contributed by atoms with E-state index in [4.69, 9.17) is 18.0 Å². The Hall–Kier alpha value is -2.09. The Balaban J connectivity index is 2.34. The van der Waals surface area contributed by atoms with Crippen LogP contribution in [0.4, 0.5) is 5.82 Å². The van der Waals surface area contributed by atoms with Crippen molar-refractivity contribution in [3.63, 3.8) is 0 Å². The van der Waals surface area contributed by atoms with E-state index in [0.717, 1.165) is 35.5 Å². The third-order valence-electron chi connectivity index (χ3n) is 3.31. The van der Waals surface area contributed by atoms with Gasteiger partial charge in [-0.2, -0.15) is 5.10 Å². The summed E-state index contributed by atoms with van der Waals surface area (Å²) < 4.78 is 1.84. The van der Waals surface area contributed by atoms with Crippen molar-refractivity contribution in [3.05, 3.63) is 29.0 Å². The summed E-state index contributed by atoms with van der Waals surface area (Å²) in [6, 6.07) is 0. The second kappa shape index (κ2) is 6.57. The van der Waals surface area contributed by atoms with Crippen LogP contribution in [0.2, 0.25) is 0 Å². The number of anilines is 1. The molecule has 0 unspecified atom stereocenters. The molecule has 112 valence electrons. The summed E-state index contributed by atoms with van der Waals surface area (Å²) in [4.78, 5) is 0.330. The first-order valence-electron chi connectivity index (χ1n) is 6.83. The Labute approximate surface area is 129 Å². The van der Waals surface area contributed by atoms with Gasteiger partial charge in [0.1, 0.15) is 11.3 Å². The van der Waals surface area contributed by atoms with Crippen LogP contribution in [0.5, 0.6) is 0 Å². The Kier molecular flexibility index (Phi) is 4.79. The molecule has 21 heavy (non-hydrogen) atoms. The molecule has 0 spiro atoms. The van der Waals surface area contributed by atoms with Gasteiger partial charge in [0, 0.05) is 7.05 Å². The zero-order chi connectivity index (χ0) is 15.4. The molecule has 0 aromatic carbocycles. The standard InChI is InChI=1S/C13H19N7S/c1-4-8-9(5-2)17-19-13(11(8)12(14)21)15-6-10-18-16-7-20(10)3/h7H,4-6H2,1-3H3,(H2,14,21)(H,15,19). The van der Waals surface area contributed by atoms with Gasteiger partial charge >= 0.3 is 0 Å². The maximum atomic E-state index is 5.88. The monoisotopic (exact) mass is 305 g/mol. The zero-order valence-corrected chi connectivity index (χ0v) is 13.2. The lowest BCUT2D eigenvalue weighted by Crippen LogP contribution is -2.20. The summed E-state index contributed by atoms with van der Waals surface area (Å²) in [7, 11) is 1.88. The first-order valence-corrected chi connectivity index (χ1v) is 7.24. The Morgan fingerprint density at radius 3 is 2.57 bits per heavy atom. The van der Waals surface area contributed by atoms with Crippen molar-refractivity contribution >= 4 is 23.0 Å². The van der Waals surface area contributed by atoms with Crippen LogP contribution in [-0.2, 0) is 26.4 Å². The van der Waals surface area contributed by atoms with Crippen molar-refractivity contribution in [2.24, 2.45) is 12.8 Å². The zero-order valence-electron chi connectivity index (χ0n) is 12.4. The van der Waals surface area contributed by atoms with Gasteiger partial charge in [0.2, 0.25) is 0 Å². The fourth-order valence-corrected chi connectivity index (χ4v) is 2.41. The fraction of sp³-hybridized carbons (Fsp3) is 0.462. The van der Waals surface area contributed by atoms with E-state index in [1.54, 1.807) is 6.33 Å². The number of hydrogen-bond donors (Lipinski definition) is 2. The number of thiocarbonyl (C=S) groups is 1. The number of aryl methyl sites for hydroxylation is 2. The summed E-state index contributed by atoms with van der Waals surface area (Å²) in [6.07, 6.45) is 3.26. The third-order valence-corrected chi connectivity index (χ3v) is 3.52. The minimum atomic E-state index is 0.330. The fourth-order valence-electron chi connectivity index (χ4n) is 2.19. The molecule has 0 aliphatic heterocycles. The van der Waals surface area contributed by atoms with Crippen molar-refractivity contribution in [2.75, 3.05) is 5.32 Å². The van der Waals surface area contributed by atoms with Crippen LogP contribution >= 0.6 is 12.2 Å². The molecular weight excluding hydrogens is 286 g/mol. The molecule has 3 N–H and O–H groups in total. The van der Waals surface area contributed by atoms with E-state index in [2.05, 4.69) is 32.6 Å².